The average Bonchev–Trinajstić information content (AvgIpc) is 3.21. The van der Waals surface area contributed by atoms with Gasteiger partial charge in [-0.15, -0.1) is 0 Å². The third-order valence-corrected chi connectivity index (χ3v) is 5.50. The van der Waals surface area contributed by atoms with Crippen molar-refractivity contribution in [3.63, 3.8) is 0 Å². The van der Waals surface area contributed by atoms with Crippen molar-refractivity contribution in [2.24, 2.45) is 5.92 Å². The van der Waals surface area contributed by atoms with Crippen LogP contribution in [0.2, 0.25) is 0 Å². The molecule has 31 heavy (non-hydrogen) atoms. The van der Waals surface area contributed by atoms with Crippen molar-refractivity contribution in [1.29, 1.82) is 0 Å². The van der Waals surface area contributed by atoms with E-state index in [2.05, 4.69) is 4.98 Å². The number of carbonyl (C=O) groups excluding carboxylic acids is 2. The first-order valence-corrected chi connectivity index (χ1v) is 10.5. The van der Waals surface area contributed by atoms with Gasteiger partial charge in [0.1, 0.15) is 0 Å². The van der Waals surface area contributed by atoms with E-state index < -0.39 is 23.8 Å². The fourth-order valence-electron chi connectivity index (χ4n) is 4.14. The standard InChI is InChI=1S/C26H25NO4/c1-3-30-25(28)24(26(29)31-4-2)23(21-16-27-22-12-8-7-11-20(21)22)19-14-13-17-9-5-6-10-18(17)15-19/h5-16,23-24,27H,3-4H2,1-2H3. The second kappa shape index (κ2) is 9.04. The molecule has 158 valence electrons. The van der Waals surface area contributed by atoms with Gasteiger partial charge < -0.3 is 14.5 Å². The fraction of sp³-hybridized carbons (Fsp3) is 0.231. The van der Waals surface area contributed by atoms with Crippen LogP contribution in [0.5, 0.6) is 0 Å². The summed E-state index contributed by atoms with van der Waals surface area (Å²) >= 11 is 0. The molecular weight excluding hydrogens is 390 g/mol. The van der Waals surface area contributed by atoms with E-state index in [1.54, 1.807) is 13.8 Å². The third-order valence-electron chi connectivity index (χ3n) is 5.50. The number of rotatable bonds is 7. The topological polar surface area (TPSA) is 68.4 Å². The lowest BCUT2D eigenvalue weighted by molar-refractivity contribution is -0.162. The van der Waals surface area contributed by atoms with Crippen LogP contribution in [0.4, 0.5) is 0 Å². The van der Waals surface area contributed by atoms with Crippen molar-refractivity contribution in [3.8, 4) is 0 Å². The van der Waals surface area contributed by atoms with Crippen molar-refractivity contribution in [1.82, 2.24) is 4.98 Å². The summed E-state index contributed by atoms with van der Waals surface area (Å²) in [5.74, 6) is -2.83. The molecule has 1 unspecified atom stereocenters. The van der Waals surface area contributed by atoms with Crippen LogP contribution in [0.15, 0.2) is 72.9 Å². The van der Waals surface area contributed by atoms with Gasteiger partial charge in [0.2, 0.25) is 0 Å². The van der Waals surface area contributed by atoms with Gasteiger partial charge in [-0.25, -0.2) is 0 Å². The molecule has 1 atom stereocenters. The molecule has 0 radical (unpaired) electrons. The highest BCUT2D eigenvalue weighted by atomic mass is 16.6. The second-order valence-corrected chi connectivity index (χ2v) is 7.36. The summed E-state index contributed by atoms with van der Waals surface area (Å²) in [4.78, 5) is 29.3. The minimum absolute atomic E-state index is 0.188. The number of para-hydroxylation sites is 1. The van der Waals surface area contributed by atoms with Gasteiger partial charge in [-0.2, -0.15) is 0 Å². The molecule has 1 aromatic heterocycles. The largest absolute Gasteiger partial charge is 0.465 e. The highest BCUT2D eigenvalue weighted by Gasteiger charge is 2.40. The SMILES string of the molecule is CCOC(=O)C(C(=O)OCC)C(c1ccc2ccccc2c1)c1c[nH]c2ccccc12. The Balaban J connectivity index is 1.94. The van der Waals surface area contributed by atoms with Crippen molar-refractivity contribution >= 4 is 33.6 Å². The minimum atomic E-state index is -1.11. The van der Waals surface area contributed by atoms with Crippen LogP contribution >= 0.6 is 0 Å². The number of H-pyrrole nitrogens is 1. The van der Waals surface area contributed by atoms with Crippen molar-refractivity contribution < 1.29 is 19.1 Å². The quantitative estimate of drug-likeness (QED) is 0.333. The van der Waals surface area contributed by atoms with Gasteiger partial charge in [0, 0.05) is 23.0 Å². The van der Waals surface area contributed by atoms with Gasteiger partial charge >= 0.3 is 11.9 Å². The molecule has 4 aromatic rings. The summed E-state index contributed by atoms with van der Waals surface area (Å²) in [7, 11) is 0. The molecule has 0 fully saturated rings. The van der Waals surface area contributed by atoms with Crippen LogP contribution in [-0.4, -0.2) is 30.1 Å². The molecule has 0 saturated carbocycles. The Morgan fingerprint density at radius 3 is 2.19 bits per heavy atom. The lowest BCUT2D eigenvalue weighted by Crippen LogP contribution is -2.34. The number of carbonyl (C=O) groups is 2. The highest BCUT2D eigenvalue weighted by molar-refractivity contribution is 5.98. The first-order valence-electron chi connectivity index (χ1n) is 10.5. The first-order chi connectivity index (χ1) is 15.1. The number of esters is 2. The van der Waals surface area contributed by atoms with Crippen LogP contribution in [-0.2, 0) is 19.1 Å². The van der Waals surface area contributed by atoms with Crippen LogP contribution in [0.3, 0.4) is 0 Å². The molecule has 1 heterocycles. The highest BCUT2D eigenvalue weighted by Crippen LogP contribution is 2.39. The molecule has 5 heteroatoms. The van der Waals surface area contributed by atoms with E-state index in [0.717, 1.165) is 32.8 Å². The molecule has 1 N–H and O–H groups in total. The number of hydrogen-bond donors (Lipinski definition) is 1. The number of aromatic amines is 1. The molecule has 4 rings (SSSR count). The van der Waals surface area contributed by atoms with Crippen LogP contribution in [0.25, 0.3) is 21.7 Å². The summed E-state index contributed by atoms with van der Waals surface area (Å²) in [6.45, 7) is 3.84. The summed E-state index contributed by atoms with van der Waals surface area (Å²) < 4.78 is 10.6. The molecule has 0 aliphatic carbocycles. The molecule has 0 aliphatic heterocycles. The van der Waals surface area contributed by atoms with Gasteiger partial charge in [0.25, 0.3) is 0 Å². The normalized spacial score (nSPS) is 12.2. The molecule has 3 aromatic carbocycles. The molecule has 0 amide bonds. The van der Waals surface area contributed by atoms with E-state index in [1.807, 2.05) is 72.9 Å². The zero-order valence-electron chi connectivity index (χ0n) is 17.6. The summed E-state index contributed by atoms with van der Waals surface area (Å²) in [5, 5.41) is 3.09. The van der Waals surface area contributed by atoms with Gasteiger partial charge in [0.05, 0.1) is 13.2 Å². The van der Waals surface area contributed by atoms with Crippen molar-refractivity contribution in [2.45, 2.75) is 19.8 Å². The Kier molecular flexibility index (Phi) is 6.03. The predicted octanol–water partition coefficient (Wildman–Crippen LogP) is 5.20. The number of fused-ring (bicyclic) bond motifs is 2. The third kappa shape index (κ3) is 4.04. The zero-order chi connectivity index (χ0) is 21.8. The van der Waals surface area contributed by atoms with Crippen molar-refractivity contribution in [2.75, 3.05) is 13.2 Å². The number of benzene rings is 3. The molecule has 0 bridgehead atoms. The summed E-state index contributed by atoms with van der Waals surface area (Å²) in [5.41, 5.74) is 2.65. The van der Waals surface area contributed by atoms with E-state index in [4.69, 9.17) is 9.47 Å². The molecular formula is C26H25NO4. The average molecular weight is 415 g/mol. The van der Waals surface area contributed by atoms with Gasteiger partial charge in [0.15, 0.2) is 5.92 Å². The minimum Gasteiger partial charge on any atom is -0.465 e. The maximum Gasteiger partial charge on any atom is 0.321 e. The van der Waals surface area contributed by atoms with E-state index >= 15 is 0 Å². The molecule has 0 aliphatic rings. The number of ether oxygens (including phenoxy) is 2. The lowest BCUT2D eigenvalue weighted by atomic mass is 9.79. The second-order valence-electron chi connectivity index (χ2n) is 7.36. The van der Waals surface area contributed by atoms with Gasteiger partial charge in [-0.1, -0.05) is 60.7 Å². The summed E-state index contributed by atoms with van der Waals surface area (Å²) in [6.07, 6.45) is 1.87. The molecule has 5 nitrogen and oxygen atoms in total. The monoisotopic (exact) mass is 415 g/mol. The maximum atomic E-state index is 13.0. The molecule has 0 spiro atoms. The number of hydrogen-bond acceptors (Lipinski definition) is 4. The van der Waals surface area contributed by atoms with Crippen LogP contribution in [0.1, 0.15) is 30.9 Å². The predicted molar refractivity (Wildman–Crippen MR) is 121 cm³/mol. The van der Waals surface area contributed by atoms with Gasteiger partial charge in [-0.3, -0.25) is 9.59 Å². The Bertz CT molecular complexity index is 1210. The van der Waals surface area contributed by atoms with Gasteiger partial charge in [-0.05, 0) is 41.8 Å². The van der Waals surface area contributed by atoms with Crippen molar-refractivity contribution in [3.05, 3.63) is 84.1 Å². The Labute approximate surface area is 181 Å². The van der Waals surface area contributed by atoms with E-state index in [9.17, 15) is 9.59 Å². The maximum absolute atomic E-state index is 13.0. The number of aromatic nitrogens is 1. The van der Waals surface area contributed by atoms with E-state index in [-0.39, 0.29) is 13.2 Å². The Morgan fingerprint density at radius 1 is 0.839 bits per heavy atom. The lowest BCUT2D eigenvalue weighted by Gasteiger charge is -2.25. The van der Waals surface area contributed by atoms with E-state index in [0.29, 0.717) is 0 Å². The smallest absolute Gasteiger partial charge is 0.321 e. The van der Waals surface area contributed by atoms with E-state index in [1.165, 1.54) is 0 Å². The van der Waals surface area contributed by atoms with Crippen LogP contribution < -0.4 is 0 Å². The Hall–Kier alpha value is -3.60. The van der Waals surface area contributed by atoms with Crippen LogP contribution in [0, 0.1) is 5.92 Å². The Morgan fingerprint density at radius 2 is 1.48 bits per heavy atom. The molecule has 0 saturated heterocycles. The zero-order valence-corrected chi connectivity index (χ0v) is 17.6. The number of nitrogens with one attached hydrogen (secondary N) is 1. The first kappa shape index (κ1) is 20.7. The fourth-order valence-corrected chi connectivity index (χ4v) is 4.14. The summed E-state index contributed by atoms with van der Waals surface area (Å²) in [6, 6.07) is 21.9.